The summed E-state index contributed by atoms with van der Waals surface area (Å²) in [6, 6.07) is 0. The summed E-state index contributed by atoms with van der Waals surface area (Å²) in [7, 11) is 0. The number of nitrogens with zero attached hydrogens (tertiary/aromatic N) is 1. The van der Waals surface area contributed by atoms with E-state index in [9.17, 15) is 0 Å². The molecule has 0 aliphatic carbocycles. The van der Waals surface area contributed by atoms with Gasteiger partial charge in [0.1, 0.15) is 0 Å². The third-order valence-electron chi connectivity index (χ3n) is 1.57. The molecule has 0 amide bonds. The fraction of sp³-hybridized carbons (Fsp3) is 0.714. The Morgan fingerprint density at radius 1 is 1.78 bits per heavy atom. The second-order valence-electron chi connectivity index (χ2n) is 2.96. The lowest BCUT2D eigenvalue weighted by Crippen LogP contribution is -2.46. The highest BCUT2D eigenvalue weighted by Crippen LogP contribution is 2.13. The van der Waals surface area contributed by atoms with Crippen molar-refractivity contribution in [3.63, 3.8) is 0 Å². The van der Waals surface area contributed by atoms with Gasteiger partial charge < -0.3 is 5.73 Å². The summed E-state index contributed by atoms with van der Waals surface area (Å²) < 4.78 is 0. The molecule has 1 heterocycles. The number of nitrogens with two attached hydrogens (primary N) is 1. The third kappa shape index (κ3) is 1.72. The molecule has 0 unspecified atom stereocenters. The summed E-state index contributed by atoms with van der Waals surface area (Å²) in [5.41, 5.74) is 6.19. The van der Waals surface area contributed by atoms with Crippen LogP contribution in [0.3, 0.4) is 0 Å². The summed E-state index contributed by atoms with van der Waals surface area (Å²) in [5, 5.41) is 0. The first-order chi connectivity index (χ1) is 4.18. The Kier molecular flexibility index (Phi) is 1.76. The smallest absolute Gasteiger partial charge is 0.0373 e. The average molecular weight is 126 g/mol. The molecule has 1 rings (SSSR count). The molecule has 52 valence electrons. The van der Waals surface area contributed by atoms with E-state index < -0.39 is 0 Å². The topological polar surface area (TPSA) is 29.3 Å². The van der Waals surface area contributed by atoms with Crippen LogP contribution in [0, 0.1) is 5.92 Å². The van der Waals surface area contributed by atoms with E-state index in [0.29, 0.717) is 0 Å². The Labute approximate surface area is 56.3 Å². The molecule has 2 nitrogen and oxygen atoms in total. The maximum absolute atomic E-state index is 5.41. The summed E-state index contributed by atoms with van der Waals surface area (Å²) >= 11 is 0. The highest BCUT2D eigenvalue weighted by atomic mass is 15.2. The van der Waals surface area contributed by atoms with Crippen molar-refractivity contribution in [2.45, 2.75) is 6.92 Å². The lowest BCUT2D eigenvalue weighted by molar-refractivity contribution is 0.125. The van der Waals surface area contributed by atoms with Crippen molar-refractivity contribution in [3.8, 4) is 0 Å². The van der Waals surface area contributed by atoms with E-state index in [-0.39, 0.29) is 0 Å². The van der Waals surface area contributed by atoms with Crippen LogP contribution in [0.1, 0.15) is 6.92 Å². The second kappa shape index (κ2) is 2.40. The van der Waals surface area contributed by atoms with E-state index >= 15 is 0 Å². The molecular weight excluding hydrogens is 112 g/mol. The third-order valence-corrected chi connectivity index (χ3v) is 1.57. The Bertz CT molecular complexity index is 114. The van der Waals surface area contributed by atoms with Gasteiger partial charge in [0.05, 0.1) is 0 Å². The van der Waals surface area contributed by atoms with Gasteiger partial charge in [-0.2, -0.15) is 0 Å². The van der Waals surface area contributed by atoms with Gasteiger partial charge in [-0.15, -0.1) is 0 Å². The molecule has 0 radical (unpaired) electrons. The molecule has 0 aromatic heterocycles. The predicted octanol–water partition coefficient (Wildman–Crippen LogP) is 0.410. The molecule has 9 heavy (non-hydrogen) atoms. The number of hydrogen-bond donors (Lipinski definition) is 1. The summed E-state index contributed by atoms with van der Waals surface area (Å²) in [6.07, 6.45) is 0. The molecule has 0 aromatic rings. The Morgan fingerprint density at radius 2 is 2.33 bits per heavy atom. The van der Waals surface area contributed by atoms with Gasteiger partial charge in [0.25, 0.3) is 0 Å². The van der Waals surface area contributed by atoms with Crippen LogP contribution in [0.25, 0.3) is 0 Å². The first-order valence-corrected chi connectivity index (χ1v) is 3.34. The highest BCUT2D eigenvalue weighted by molar-refractivity contribution is 4.93. The molecule has 1 aliphatic heterocycles. The first kappa shape index (κ1) is 6.62. The highest BCUT2D eigenvalue weighted by Gasteiger charge is 2.21. The quantitative estimate of drug-likeness (QED) is 0.580. The van der Waals surface area contributed by atoms with E-state index in [2.05, 4.69) is 18.4 Å². The van der Waals surface area contributed by atoms with Crippen molar-refractivity contribution in [2.24, 2.45) is 11.7 Å². The van der Waals surface area contributed by atoms with Crippen LogP contribution in [-0.4, -0.2) is 24.5 Å². The molecule has 2 heteroatoms. The number of likely N-dealkylation sites (tertiary alicyclic amines) is 1. The molecule has 0 saturated carbocycles. The fourth-order valence-corrected chi connectivity index (χ4v) is 1.24. The van der Waals surface area contributed by atoms with Crippen LogP contribution in [0.15, 0.2) is 12.3 Å². The zero-order valence-electron chi connectivity index (χ0n) is 5.93. The van der Waals surface area contributed by atoms with Crippen molar-refractivity contribution < 1.29 is 0 Å². The average Bonchev–Trinajstić information content (AvgIpc) is 1.60. The molecule has 1 saturated heterocycles. The minimum Gasteiger partial charge on any atom is -0.401 e. The normalized spacial score (nSPS) is 21.4. The maximum Gasteiger partial charge on any atom is 0.0373 e. The minimum absolute atomic E-state index is 0.780. The van der Waals surface area contributed by atoms with Crippen LogP contribution < -0.4 is 5.73 Å². The molecular formula is C7H14N2. The van der Waals surface area contributed by atoms with Gasteiger partial charge in [-0.3, -0.25) is 4.90 Å². The van der Waals surface area contributed by atoms with Gasteiger partial charge in [0.2, 0.25) is 0 Å². The van der Waals surface area contributed by atoms with Gasteiger partial charge in [-0.1, -0.05) is 13.5 Å². The number of rotatable bonds is 2. The maximum atomic E-state index is 5.41. The largest absolute Gasteiger partial charge is 0.401 e. The fourth-order valence-electron chi connectivity index (χ4n) is 1.24. The zero-order valence-corrected chi connectivity index (χ0v) is 5.93. The Hall–Kier alpha value is -0.500. The minimum atomic E-state index is 0.780. The van der Waals surface area contributed by atoms with Crippen LogP contribution in [0.2, 0.25) is 0 Å². The van der Waals surface area contributed by atoms with Gasteiger partial charge in [-0.25, -0.2) is 0 Å². The van der Waals surface area contributed by atoms with Crippen LogP contribution in [-0.2, 0) is 0 Å². The standard InChI is InChI=1S/C7H14N2/c1-6-3-9(4-6)5-7(2)8/h6H,2-5,8H2,1H3. The molecule has 2 N–H and O–H groups in total. The summed E-state index contributed by atoms with van der Waals surface area (Å²) in [4.78, 5) is 2.30. The van der Waals surface area contributed by atoms with Gasteiger partial charge in [0.15, 0.2) is 0 Å². The van der Waals surface area contributed by atoms with Crippen molar-refractivity contribution in [1.29, 1.82) is 0 Å². The Morgan fingerprint density at radius 3 is 2.67 bits per heavy atom. The van der Waals surface area contributed by atoms with Crippen LogP contribution in [0.4, 0.5) is 0 Å². The molecule has 0 spiro atoms. The Balaban J connectivity index is 2.11. The van der Waals surface area contributed by atoms with Crippen LogP contribution in [0.5, 0.6) is 0 Å². The van der Waals surface area contributed by atoms with Crippen molar-refractivity contribution in [1.82, 2.24) is 4.90 Å². The second-order valence-corrected chi connectivity index (χ2v) is 2.96. The van der Waals surface area contributed by atoms with Gasteiger partial charge in [0, 0.05) is 25.3 Å². The van der Waals surface area contributed by atoms with Gasteiger partial charge in [-0.05, 0) is 5.92 Å². The zero-order chi connectivity index (χ0) is 6.85. The van der Waals surface area contributed by atoms with Gasteiger partial charge >= 0.3 is 0 Å². The lowest BCUT2D eigenvalue weighted by Gasteiger charge is -2.36. The van der Waals surface area contributed by atoms with Crippen molar-refractivity contribution >= 4 is 0 Å². The molecule has 0 atom stereocenters. The number of hydrogen-bond acceptors (Lipinski definition) is 2. The van der Waals surface area contributed by atoms with Crippen molar-refractivity contribution in [3.05, 3.63) is 12.3 Å². The summed E-state index contributed by atoms with van der Waals surface area (Å²) in [6.45, 7) is 9.14. The predicted molar refractivity (Wildman–Crippen MR) is 38.9 cm³/mol. The molecule has 0 bridgehead atoms. The van der Waals surface area contributed by atoms with E-state index in [1.807, 2.05) is 0 Å². The van der Waals surface area contributed by atoms with E-state index in [1.54, 1.807) is 0 Å². The SMILES string of the molecule is C=C(N)CN1CC(C)C1. The van der Waals surface area contributed by atoms with E-state index in [0.717, 1.165) is 18.2 Å². The lowest BCUT2D eigenvalue weighted by atomic mass is 10.0. The summed E-state index contributed by atoms with van der Waals surface area (Å²) in [5.74, 6) is 0.865. The van der Waals surface area contributed by atoms with E-state index in [4.69, 9.17) is 5.73 Å². The molecule has 1 aliphatic rings. The van der Waals surface area contributed by atoms with Crippen molar-refractivity contribution in [2.75, 3.05) is 19.6 Å². The molecule has 1 fully saturated rings. The monoisotopic (exact) mass is 126 g/mol. The van der Waals surface area contributed by atoms with Crippen LogP contribution >= 0.6 is 0 Å². The first-order valence-electron chi connectivity index (χ1n) is 3.34. The molecule has 0 aromatic carbocycles. The van der Waals surface area contributed by atoms with E-state index in [1.165, 1.54) is 13.1 Å².